The van der Waals surface area contributed by atoms with Gasteiger partial charge < -0.3 is 11.1 Å². The van der Waals surface area contributed by atoms with Crippen LogP contribution in [0.15, 0.2) is 54.6 Å². The topological polar surface area (TPSA) is 98.7 Å². The summed E-state index contributed by atoms with van der Waals surface area (Å²) in [5.74, 6) is 0.612. The van der Waals surface area contributed by atoms with Crippen molar-refractivity contribution in [2.45, 2.75) is 38.8 Å². The van der Waals surface area contributed by atoms with Crippen LogP contribution in [-0.4, -0.2) is 32.2 Å². The highest BCUT2D eigenvalue weighted by Gasteiger charge is 2.06. The second-order valence-corrected chi connectivity index (χ2v) is 6.59. The van der Waals surface area contributed by atoms with E-state index in [0.29, 0.717) is 25.2 Å². The Balaban J connectivity index is 1.50. The van der Waals surface area contributed by atoms with Gasteiger partial charge in [-0.15, -0.1) is 10.2 Å². The van der Waals surface area contributed by atoms with E-state index < -0.39 is 0 Å². The van der Waals surface area contributed by atoms with Crippen LogP contribution in [0.25, 0.3) is 11.4 Å². The number of tetrazole rings is 1. The lowest BCUT2D eigenvalue weighted by atomic mass is 10.1. The van der Waals surface area contributed by atoms with Gasteiger partial charge in [-0.25, -0.2) is 0 Å². The number of hydrogen-bond acceptors (Lipinski definition) is 5. The van der Waals surface area contributed by atoms with Crippen molar-refractivity contribution in [3.05, 3.63) is 60.2 Å². The Morgan fingerprint density at radius 3 is 2.59 bits per heavy atom. The van der Waals surface area contributed by atoms with Crippen molar-refractivity contribution in [1.82, 2.24) is 20.2 Å². The van der Waals surface area contributed by atoms with Crippen molar-refractivity contribution >= 4 is 11.6 Å². The van der Waals surface area contributed by atoms with Gasteiger partial charge in [0.15, 0.2) is 0 Å². The van der Waals surface area contributed by atoms with Gasteiger partial charge in [-0.2, -0.15) is 4.80 Å². The molecule has 7 nitrogen and oxygen atoms in total. The van der Waals surface area contributed by atoms with Gasteiger partial charge in [0.2, 0.25) is 11.7 Å². The average Bonchev–Trinajstić information content (AvgIpc) is 3.16. The normalized spacial score (nSPS) is 11.9. The summed E-state index contributed by atoms with van der Waals surface area (Å²) in [5.41, 5.74) is 8.56. The zero-order valence-corrected chi connectivity index (χ0v) is 15.4. The summed E-state index contributed by atoms with van der Waals surface area (Å²) in [6.07, 6.45) is 1.89. The minimum Gasteiger partial charge on any atom is -0.328 e. The highest BCUT2D eigenvalue weighted by Crippen LogP contribution is 2.13. The van der Waals surface area contributed by atoms with Gasteiger partial charge in [-0.05, 0) is 42.7 Å². The van der Waals surface area contributed by atoms with E-state index in [2.05, 4.69) is 20.7 Å². The molecule has 1 unspecified atom stereocenters. The first-order valence-corrected chi connectivity index (χ1v) is 9.08. The molecule has 0 bridgehead atoms. The summed E-state index contributed by atoms with van der Waals surface area (Å²) in [4.78, 5) is 13.4. The van der Waals surface area contributed by atoms with E-state index in [1.165, 1.54) is 0 Å². The minimum atomic E-state index is -0.0136. The van der Waals surface area contributed by atoms with Crippen LogP contribution in [0.4, 0.5) is 5.69 Å². The van der Waals surface area contributed by atoms with Crippen molar-refractivity contribution in [2.24, 2.45) is 5.73 Å². The molecule has 0 fully saturated rings. The van der Waals surface area contributed by atoms with Crippen molar-refractivity contribution < 1.29 is 4.79 Å². The number of amides is 1. The van der Waals surface area contributed by atoms with E-state index in [-0.39, 0.29) is 11.9 Å². The summed E-state index contributed by atoms with van der Waals surface area (Å²) >= 11 is 0. The molecule has 0 radical (unpaired) electrons. The van der Waals surface area contributed by atoms with E-state index in [1.54, 1.807) is 4.80 Å². The highest BCUT2D eigenvalue weighted by molar-refractivity contribution is 5.90. The van der Waals surface area contributed by atoms with Crippen LogP contribution >= 0.6 is 0 Å². The molecule has 0 saturated heterocycles. The maximum absolute atomic E-state index is 11.8. The Kier molecular flexibility index (Phi) is 6.27. The number of aromatic nitrogens is 4. The predicted octanol–water partition coefficient (Wildman–Crippen LogP) is 2.65. The molecule has 0 aliphatic carbocycles. The lowest BCUT2D eigenvalue weighted by Crippen LogP contribution is -2.19. The Morgan fingerprint density at radius 1 is 1.15 bits per heavy atom. The number of carbonyl (C=O) groups excluding carboxylic acids is 1. The van der Waals surface area contributed by atoms with E-state index in [1.807, 2.05) is 61.5 Å². The van der Waals surface area contributed by atoms with Crippen LogP contribution in [0.3, 0.4) is 0 Å². The second-order valence-electron chi connectivity index (χ2n) is 6.59. The Labute approximate surface area is 158 Å². The standard InChI is InChI=1S/C20H24N6O/c1-15(21)7-12-19(27)22-18-10-8-16(9-11-18)13-14-26-24-20(23-25-26)17-5-3-2-4-6-17/h2-6,8-11,15H,7,12-14,21H2,1H3,(H,22,27). The lowest BCUT2D eigenvalue weighted by molar-refractivity contribution is -0.116. The first-order chi connectivity index (χ1) is 13.1. The molecule has 27 heavy (non-hydrogen) atoms. The number of anilines is 1. The van der Waals surface area contributed by atoms with Crippen molar-refractivity contribution in [2.75, 3.05) is 5.32 Å². The second kappa shape index (κ2) is 9.05. The fourth-order valence-corrected chi connectivity index (χ4v) is 2.61. The number of carbonyl (C=O) groups is 1. The van der Waals surface area contributed by atoms with Gasteiger partial charge in [0.25, 0.3) is 0 Å². The molecule has 0 saturated carbocycles. The van der Waals surface area contributed by atoms with Crippen molar-refractivity contribution in [3.63, 3.8) is 0 Å². The lowest BCUT2D eigenvalue weighted by Gasteiger charge is -2.08. The number of aryl methyl sites for hydroxylation is 2. The molecule has 3 aromatic rings. The molecule has 0 aliphatic heterocycles. The van der Waals surface area contributed by atoms with Gasteiger partial charge in [-0.1, -0.05) is 42.5 Å². The van der Waals surface area contributed by atoms with E-state index in [0.717, 1.165) is 23.2 Å². The van der Waals surface area contributed by atoms with Gasteiger partial charge in [0, 0.05) is 23.7 Å². The summed E-state index contributed by atoms with van der Waals surface area (Å²) in [6.45, 7) is 2.54. The van der Waals surface area contributed by atoms with Crippen LogP contribution in [-0.2, 0) is 17.8 Å². The zero-order chi connectivity index (χ0) is 19.1. The number of benzene rings is 2. The van der Waals surface area contributed by atoms with Crippen LogP contribution < -0.4 is 11.1 Å². The van der Waals surface area contributed by atoms with Crippen LogP contribution in [0.1, 0.15) is 25.3 Å². The first-order valence-electron chi connectivity index (χ1n) is 9.08. The molecular formula is C20H24N6O. The summed E-state index contributed by atoms with van der Waals surface area (Å²) in [6, 6.07) is 17.6. The number of nitrogens with zero attached hydrogens (tertiary/aromatic N) is 4. The van der Waals surface area contributed by atoms with E-state index >= 15 is 0 Å². The first kappa shape index (κ1) is 18.7. The summed E-state index contributed by atoms with van der Waals surface area (Å²) < 4.78 is 0. The maximum Gasteiger partial charge on any atom is 0.224 e. The van der Waals surface area contributed by atoms with Crippen LogP contribution in [0.2, 0.25) is 0 Å². The molecule has 3 rings (SSSR count). The maximum atomic E-state index is 11.8. The Hall–Kier alpha value is -3.06. The quantitative estimate of drug-likeness (QED) is 0.640. The third-order valence-corrected chi connectivity index (χ3v) is 4.15. The van der Waals surface area contributed by atoms with Crippen LogP contribution in [0, 0.1) is 0 Å². The van der Waals surface area contributed by atoms with Gasteiger partial charge >= 0.3 is 0 Å². The molecule has 0 spiro atoms. The number of hydrogen-bond donors (Lipinski definition) is 2. The number of nitrogens with one attached hydrogen (secondary N) is 1. The molecule has 2 aromatic carbocycles. The molecular weight excluding hydrogens is 340 g/mol. The van der Waals surface area contributed by atoms with Crippen molar-refractivity contribution in [1.29, 1.82) is 0 Å². The van der Waals surface area contributed by atoms with Gasteiger partial charge in [-0.3, -0.25) is 4.79 Å². The fourth-order valence-electron chi connectivity index (χ4n) is 2.61. The zero-order valence-electron chi connectivity index (χ0n) is 15.4. The van der Waals surface area contributed by atoms with E-state index in [9.17, 15) is 4.79 Å². The SMILES string of the molecule is CC(N)CCC(=O)Nc1ccc(CCn2nnc(-c3ccccc3)n2)cc1. The molecule has 1 amide bonds. The largest absolute Gasteiger partial charge is 0.328 e. The Bertz CT molecular complexity index is 858. The molecule has 1 aromatic heterocycles. The summed E-state index contributed by atoms with van der Waals surface area (Å²) in [7, 11) is 0. The third-order valence-electron chi connectivity index (χ3n) is 4.15. The fraction of sp³-hybridized carbons (Fsp3) is 0.300. The summed E-state index contributed by atoms with van der Waals surface area (Å²) in [5, 5.41) is 15.5. The number of rotatable bonds is 8. The van der Waals surface area contributed by atoms with Crippen LogP contribution in [0.5, 0.6) is 0 Å². The monoisotopic (exact) mass is 364 g/mol. The minimum absolute atomic E-state index is 0.0136. The van der Waals surface area contributed by atoms with Crippen molar-refractivity contribution in [3.8, 4) is 11.4 Å². The highest BCUT2D eigenvalue weighted by atomic mass is 16.1. The molecule has 3 N–H and O–H groups in total. The molecule has 1 heterocycles. The molecule has 140 valence electrons. The molecule has 0 aliphatic rings. The average molecular weight is 364 g/mol. The molecule has 7 heteroatoms. The van der Waals surface area contributed by atoms with Gasteiger partial charge in [0.05, 0.1) is 6.54 Å². The predicted molar refractivity (Wildman–Crippen MR) is 105 cm³/mol. The van der Waals surface area contributed by atoms with Gasteiger partial charge in [0.1, 0.15) is 0 Å². The van der Waals surface area contributed by atoms with E-state index in [4.69, 9.17) is 5.73 Å². The smallest absolute Gasteiger partial charge is 0.224 e. The Morgan fingerprint density at radius 2 is 1.89 bits per heavy atom. The third kappa shape index (κ3) is 5.72. The molecule has 1 atom stereocenters. The number of nitrogens with two attached hydrogens (primary N) is 1.